The van der Waals surface area contributed by atoms with Gasteiger partial charge < -0.3 is 5.32 Å². The van der Waals surface area contributed by atoms with E-state index in [1.54, 1.807) is 30.3 Å². The van der Waals surface area contributed by atoms with Crippen molar-refractivity contribution >= 4 is 27.7 Å². The third-order valence-corrected chi connectivity index (χ3v) is 5.49. The summed E-state index contributed by atoms with van der Waals surface area (Å²) >= 11 is 0. The van der Waals surface area contributed by atoms with Gasteiger partial charge in [-0.1, -0.05) is 48.9 Å². The highest BCUT2D eigenvalue weighted by Crippen LogP contribution is 2.14. The SMILES string of the molecule is CCC(C)NS(=O)(=O)Cc1cccc(NC(=O)/C=C/c2cccc(C)c2)c1. The number of amides is 1. The smallest absolute Gasteiger partial charge is 0.248 e. The van der Waals surface area contributed by atoms with Gasteiger partial charge in [0, 0.05) is 17.8 Å². The van der Waals surface area contributed by atoms with Gasteiger partial charge in [0.2, 0.25) is 15.9 Å². The predicted octanol–water partition coefficient (Wildman–Crippen LogP) is 3.86. The lowest BCUT2D eigenvalue weighted by Gasteiger charge is -2.12. The van der Waals surface area contributed by atoms with Gasteiger partial charge >= 0.3 is 0 Å². The molecule has 144 valence electrons. The van der Waals surface area contributed by atoms with E-state index in [1.807, 2.05) is 45.0 Å². The predicted molar refractivity (Wildman–Crippen MR) is 111 cm³/mol. The minimum Gasteiger partial charge on any atom is -0.323 e. The summed E-state index contributed by atoms with van der Waals surface area (Å²) in [7, 11) is -3.42. The molecule has 0 saturated heterocycles. The Morgan fingerprint density at radius 1 is 1.15 bits per heavy atom. The van der Waals surface area contributed by atoms with E-state index in [0.717, 1.165) is 17.5 Å². The van der Waals surface area contributed by atoms with Gasteiger partial charge in [-0.25, -0.2) is 13.1 Å². The van der Waals surface area contributed by atoms with Crippen molar-refractivity contribution in [2.75, 3.05) is 5.32 Å². The van der Waals surface area contributed by atoms with Crippen LogP contribution in [0, 0.1) is 6.92 Å². The number of rotatable bonds is 8. The average Bonchev–Trinajstić information content (AvgIpc) is 2.59. The van der Waals surface area contributed by atoms with Gasteiger partial charge in [-0.15, -0.1) is 0 Å². The Labute approximate surface area is 161 Å². The largest absolute Gasteiger partial charge is 0.323 e. The molecule has 0 radical (unpaired) electrons. The van der Waals surface area contributed by atoms with Crippen LogP contribution in [0.1, 0.15) is 37.0 Å². The molecule has 1 atom stereocenters. The van der Waals surface area contributed by atoms with Gasteiger partial charge in [0.1, 0.15) is 0 Å². The maximum atomic E-state index is 12.2. The zero-order valence-corrected chi connectivity index (χ0v) is 16.7. The molecule has 0 aromatic heterocycles. The quantitative estimate of drug-likeness (QED) is 0.677. The van der Waals surface area contributed by atoms with Crippen LogP contribution < -0.4 is 10.0 Å². The van der Waals surface area contributed by atoms with Gasteiger partial charge in [-0.2, -0.15) is 0 Å². The topological polar surface area (TPSA) is 75.3 Å². The van der Waals surface area contributed by atoms with E-state index in [0.29, 0.717) is 11.3 Å². The summed E-state index contributed by atoms with van der Waals surface area (Å²) in [5.41, 5.74) is 3.25. The summed E-state index contributed by atoms with van der Waals surface area (Å²) in [6, 6.07) is 14.6. The van der Waals surface area contributed by atoms with Crippen LogP contribution in [-0.2, 0) is 20.6 Å². The molecule has 2 aromatic carbocycles. The fraction of sp³-hybridized carbons (Fsp3) is 0.286. The number of hydrogen-bond acceptors (Lipinski definition) is 3. The number of anilines is 1. The van der Waals surface area contributed by atoms with Crippen LogP contribution in [0.3, 0.4) is 0 Å². The van der Waals surface area contributed by atoms with Crippen LogP contribution in [0.4, 0.5) is 5.69 Å². The molecule has 0 saturated carbocycles. The van der Waals surface area contributed by atoms with Crippen molar-refractivity contribution in [3.8, 4) is 0 Å². The van der Waals surface area contributed by atoms with Gasteiger partial charge in [-0.05, 0) is 49.6 Å². The third kappa shape index (κ3) is 7.37. The average molecular weight is 387 g/mol. The Balaban J connectivity index is 2.01. The number of aryl methyl sites for hydroxylation is 1. The number of sulfonamides is 1. The fourth-order valence-electron chi connectivity index (χ4n) is 2.52. The van der Waals surface area contributed by atoms with Gasteiger partial charge in [-0.3, -0.25) is 4.79 Å². The minimum atomic E-state index is -3.42. The van der Waals surface area contributed by atoms with E-state index >= 15 is 0 Å². The molecule has 2 rings (SSSR count). The van der Waals surface area contributed by atoms with Crippen LogP contribution in [-0.4, -0.2) is 20.4 Å². The molecule has 1 amide bonds. The Morgan fingerprint density at radius 2 is 1.89 bits per heavy atom. The first kappa shape index (κ1) is 20.9. The fourth-order valence-corrected chi connectivity index (χ4v) is 4.00. The van der Waals surface area contributed by atoms with Gasteiger partial charge in [0.25, 0.3) is 0 Å². The molecule has 6 heteroatoms. The number of carbonyl (C=O) groups is 1. The zero-order valence-electron chi connectivity index (χ0n) is 15.9. The second-order valence-electron chi connectivity index (χ2n) is 6.62. The lowest BCUT2D eigenvalue weighted by atomic mass is 10.1. The number of hydrogen-bond donors (Lipinski definition) is 2. The molecule has 0 spiro atoms. The Hall–Kier alpha value is -2.44. The van der Waals surface area contributed by atoms with Gasteiger partial charge in [0.15, 0.2) is 0 Å². The van der Waals surface area contributed by atoms with E-state index < -0.39 is 10.0 Å². The molecule has 0 aliphatic rings. The molecular formula is C21H26N2O3S. The molecule has 27 heavy (non-hydrogen) atoms. The zero-order chi connectivity index (χ0) is 19.9. The maximum Gasteiger partial charge on any atom is 0.248 e. The van der Waals surface area contributed by atoms with Crippen LogP contribution in [0.15, 0.2) is 54.6 Å². The van der Waals surface area contributed by atoms with E-state index in [4.69, 9.17) is 0 Å². The van der Waals surface area contributed by atoms with E-state index in [9.17, 15) is 13.2 Å². The molecule has 2 N–H and O–H groups in total. The van der Waals surface area contributed by atoms with Crippen molar-refractivity contribution in [3.05, 3.63) is 71.3 Å². The molecular weight excluding hydrogens is 360 g/mol. The van der Waals surface area contributed by atoms with E-state index in [2.05, 4.69) is 10.0 Å². The number of carbonyl (C=O) groups excluding carboxylic acids is 1. The maximum absolute atomic E-state index is 12.2. The second kappa shape index (κ2) is 9.48. The highest BCUT2D eigenvalue weighted by molar-refractivity contribution is 7.88. The van der Waals surface area contributed by atoms with E-state index in [-0.39, 0.29) is 17.7 Å². The van der Waals surface area contributed by atoms with Crippen molar-refractivity contribution in [1.82, 2.24) is 4.72 Å². The Morgan fingerprint density at radius 3 is 2.59 bits per heavy atom. The van der Waals surface area contributed by atoms with Gasteiger partial charge in [0.05, 0.1) is 5.75 Å². The summed E-state index contributed by atoms with van der Waals surface area (Å²) in [5.74, 6) is -0.394. The van der Waals surface area contributed by atoms with Crippen LogP contribution in [0.2, 0.25) is 0 Å². The van der Waals surface area contributed by atoms with Crippen molar-refractivity contribution in [2.45, 2.75) is 39.0 Å². The molecule has 0 aliphatic carbocycles. The van der Waals surface area contributed by atoms with Crippen molar-refractivity contribution < 1.29 is 13.2 Å². The number of benzene rings is 2. The summed E-state index contributed by atoms with van der Waals surface area (Å²) in [4.78, 5) is 12.1. The first-order chi connectivity index (χ1) is 12.8. The Kier molecular flexibility index (Phi) is 7.33. The van der Waals surface area contributed by atoms with Crippen LogP contribution >= 0.6 is 0 Å². The molecule has 0 fully saturated rings. The van der Waals surface area contributed by atoms with Crippen molar-refractivity contribution in [1.29, 1.82) is 0 Å². The first-order valence-electron chi connectivity index (χ1n) is 8.92. The monoisotopic (exact) mass is 386 g/mol. The lowest BCUT2D eigenvalue weighted by Crippen LogP contribution is -2.32. The van der Waals surface area contributed by atoms with E-state index in [1.165, 1.54) is 6.08 Å². The highest BCUT2D eigenvalue weighted by atomic mass is 32.2. The van der Waals surface area contributed by atoms with Crippen LogP contribution in [0.25, 0.3) is 6.08 Å². The Bertz CT molecular complexity index is 921. The van der Waals surface area contributed by atoms with Crippen LogP contribution in [0.5, 0.6) is 0 Å². The highest BCUT2D eigenvalue weighted by Gasteiger charge is 2.14. The normalized spacial score (nSPS) is 12.9. The summed E-state index contributed by atoms with van der Waals surface area (Å²) in [6.45, 7) is 5.75. The molecule has 0 heterocycles. The number of nitrogens with one attached hydrogen (secondary N) is 2. The minimum absolute atomic E-state index is 0.107. The lowest BCUT2D eigenvalue weighted by molar-refractivity contribution is -0.111. The third-order valence-electron chi connectivity index (χ3n) is 4.01. The molecule has 0 bridgehead atoms. The second-order valence-corrected chi connectivity index (χ2v) is 8.38. The molecule has 0 aliphatic heterocycles. The summed E-state index contributed by atoms with van der Waals surface area (Å²) < 4.78 is 27.0. The molecule has 5 nitrogen and oxygen atoms in total. The first-order valence-corrected chi connectivity index (χ1v) is 10.6. The summed E-state index contributed by atoms with van der Waals surface area (Å²) in [5, 5.41) is 2.76. The standard InChI is InChI=1S/C21H26N2O3S/c1-4-17(3)23-27(25,26)15-19-9-6-10-20(14-19)22-21(24)12-11-18-8-5-7-16(2)13-18/h5-14,17,23H,4,15H2,1-3H3,(H,22,24)/b12-11+. The summed E-state index contributed by atoms with van der Waals surface area (Å²) in [6.07, 6.45) is 3.93. The molecule has 1 unspecified atom stereocenters. The molecule has 2 aromatic rings. The van der Waals surface area contributed by atoms with Crippen molar-refractivity contribution in [2.24, 2.45) is 0 Å². The van der Waals surface area contributed by atoms with Crippen molar-refractivity contribution in [3.63, 3.8) is 0 Å².